The number of morpholine rings is 1. The van der Waals surface area contributed by atoms with Crippen LogP contribution in [0, 0.1) is 13.8 Å². The van der Waals surface area contributed by atoms with Gasteiger partial charge in [0, 0.05) is 55.6 Å². The molecule has 12 heteroatoms. The topological polar surface area (TPSA) is 100 Å². The summed E-state index contributed by atoms with van der Waals surface area (Å²) in [5.74, 6) is 1.88. The van der Waals surface area contributed by atoms with E-state index in [1.165, 1.54) is 0 Å². The molecular weight excluding hydrogens is 583 g/mol. The van der Waals surface area contributed by atoms with Gasteiger partial charge < -0.3 is 24.8 Å². The van der Waals surface area contributed by atoms with Gasteiger partial charge in [0.25, 0.3) is 0 Å². The summed E-state index contributed by atoms with van der Waals surface area (Å²) < 4.78 is 20.7. The third-order valence-corrected chi connectivity index (χ3v) is 10.6. The number of hydrogen-bond donors (Lipinski definition) is 2. The highest BCUT2D eigenvalue weighted by atomic mass is 35.5. The summed E-state index contributed by atoms with van der Waals surface area (Å²) in [6.07, 6.45) is 3.85. The molecule has 4 heterocycles. The van der Waals surface area contributed by atoms with Gasteiger partial charge in [-0.1, -0.05) is 17.7 Å². The van der Waals surface area contributed by atoms with E-state index in [9.17, 15) is 4.57 Å². The number of fused-ring (bicyclic) bond motifs is 1. The fourth-order valence-corrected chi connectivity index (χ4v) is 8.14. The fourth-order valence-electron chi connectivity index (χ4n) is 6.30. The van der Waals surface area contributed by atoms with Crippen molar-refractivity contribution in [2.45, 2.75) is 32.7 Å². The van der Waals surface area contributed by atoms with Crippen LogP contribution in [0.2, 0.25) is 5.02 Å². The number of anilines is 5. The summed E-state index contributed by atoms with van der Waals surface area (Å²) in [5.41, 5.74) is 4.71. The number of nitrogens with zero attached hydrogens (tertiary/aromatic N) is 6. The maximum absolute atomic E-state index is 13.2. The maximum atomic E-state index is 13.2. The monoisotopic (exact) mass is 622 g/mol. The summed E-state index contributed by atoms with van der Waals surface area (Å²) in [6.45, 7) is 13.3. The minimum atomic E-state index is -2.57. The Kier molecular flexibility index (Phi) is 8.39. The van der Waals surface area contributed by atoms with E-state index in [0.717, 1.165) is 96.8 Å². The van der Waals surface area contributed by atoms with E-state index in [4.69, 9.17) is 21.4 Å². The van der Waals surface area contributed by atoms with Crippen LogP contribution in [0.25, 0.3) is 10.9 Å². The lowest BCUT2D eigenvalue weighted by Gasteiger charge is -2.40. The first-order chi connectivity index (χ1) is 20.6. The Morgan fingerprint density at radius 2 is 1.77 bits per heavy atom. The number of rotatable bonds is 7. The minimum Gasteiger partial charge on any atom is -0.379 e. The predicted octanol–water partition coefficient (Wildman–Crippen LogP) is 5.67. The highest BCUT2D eigenvalue weighted by Gasteiger charge is 2.28. The van der Waals surface area contributed by atoms with Crippen LogP contribution in [0.5, 0.6) is 0 Å². The van der Waals surface area contributed by atoms with Gasteiger partial charge in [-0.25, -0.2) is 4.98 Å². The second-order valence-corrected chi connectivity index (χ2v) is 15.5. The number of halogens is 1. The van der Waals surface area contributed by atoms with Gasteiger partial charge in [0.05, 0.1) is 30.6 Å². The van der Waals surface area contributed by atoms with Crippen molar-refractivity contribution in [3.05, 3.63) is 52.7 Å². The standard InChI is InChI=1S/C31H40ClN8O2P/c1-20-6-9-26(28(21(20)2)43(4,5)41)35-29-25(32)19-33-31(36-29)34-22-7-8-24-27(18-22)38(3)37-30(24)40-12-10-23(11-13-40)39-14-16-42-17-15-39/h6-9,18-19,23H,10-17H2,1-5H3,(H2,33,34,35,36). The average molecular weight is 623 g/mol. The van der Waals surface area contributed by atoms with Crippen LogP contribution in [-0.4, -0.2) is 83.4 Å². The van der Waals surface area contributed by atoms with Crippen LogP contribution in [0.3, 0.4) is 0 Å². The molecule has 0 atom stereocenters. The van der Waals surface area contributed by atoms with Gasteiger partial charge in [0.2, 0.25) is 5.95 Å². The zero-order valence-corrected chi connectivity index (χ0v) is 27.2. The van der Waals surface area contributed by atoms with Gasteiger partial charge >= 0.3 is 0 Å². The van der Waals surface area contributed by atoms with Crippen molar-refractivity contribution in [1.82, 2.24) is 24.6 Å². The molecule has 2 fully saturated rings. The average Bonchev–Trinajstić information content (AvgIpc) is 3.32. The zero-order chi connectivity index (χ0) is 30.3. The molecule has 0 unspecified atom stereocenters. The van der Waals surface area contributed by atoms with E-state index in [1.807, 2.05) is 43.8 Å². The summed E-state index contributed by atoms with van der Waals surface area (Å²) in [6, 6.07) is 10.8. The number of aryl methyl sites for hydroxylation is 2. The Balaban J connectivity index is 1.20. The predicted molar refractivity (Wildman–Crippen MR) is 177 cm³/mol. The van der Waals surface area contributed by atoms with E-state index in [0.29, 0.717) is 22.8 Å². The van der Waals surface area contributed by atoms with E-state index >= 15 is 0 Å². The molecule has 6 rings (SSSR count). The van der Waals surface area contributed by atoms with Gasteiger partial charge in [-0.3, -0.25) is 9.58 Å². The first-order valence-corrected chi connectivity index (χ1v) is 17.8. The molecule has 0 spiro atoms. The van der Waals surface area contributed by atoms with Crippen molar-refractivity contribution >= 4 is 63.9 Å². The third-order valence-electron chi connectivity index (χ3n) is 8.65. The Morgan fingerprint density at radius 3 is 2.49 bits per heavy atom. The smallest absolute Gasteiger partial charge is 0.229 e. The molecular formula is C31H40ClN8O2P. The molecule has 0 aliphatic carbocycles. The van der Waals surface area contributed by atoms with Crippen molar-refractivity contribution in [2.24, 2.45) is 7.05 Å². The van der Waals surface area contributed by atoms with Crippen molar-refractivity contribution in [1.29, 1.82) is 0 Å². The first kappa shape index (κ1) is 29.9. The van der Waals surface area contributed by atoms with Crippen LogP contribution >= 0.6 is 18.7 Å². The van der Waals surface area contributed by atoms with Crippen LogP contribution < -0.4 is 20.8 Å². The molecule has 0 bridgehead atoms. The van der Waals surface area contributed by atoms with Crippen molar-refractivity contribution in [2.75, 3.05) is 68.3 Å². The van der Waals surface area contributed by atoms with E-state index in [1.54, 1.807) is 19.5 Å². The quantitative estimate of drug-likeness (QED) is 0.253. The summed E-state index contributed by atoms with van der Waals surface area (Å²) in [7, 11) is -0.584. The fraction of sp³-hybridized carbons (Fsp3) is 0.452. The molecule has 2 saturated heterocycles. The first-order valence-electron chi connectivity index (χ1n) is 14.8. The number of nitrogens with one attached hydrogen (secondary N) is 2. The van der Waals surface area contributed by atoms with Crippen molar-refractivity contribution in [3.63, 3.8) is 0 Å². The van der Waals surface area contributed by atoms with Crippen LogP contribution in [0.1, 0.15) is 24.0 Å². The largest absolute Gasteiger partial charge is 0.379 e. The van der Waals surface area contributed by atoms with Crippen molar-refractivity contribution < 1.29 is 9.30 Å². The Morgan fingerprint density at radius 1 is 1.02 bits per heavy atom. The van der Waals surface area contributed by atoms with Crippen LogP contribution in [0.4, 0.5) is 29.0 Å². The number of benzene rings is 2. The van der Waals surface area contributed by atoms with Gasteiger partial charge in [0.1, 0.15) is 12.2 Å². The number of ether oxygens (including phenoxy) is 1. The highest BCUT2D eigenvalue weighted by molar-refractivity contribution is 7.70. The zero-order valence-electron chi connectivity index (χ0n) is 25.5. The van der Waals surface area contributed by atoms with Gasteiger partial charge in [-0.15, -0.1) is 0 Å². The van der Waals surface area contributed by atoms with Crippen LogP contribution in [-0.2, 0) is 16.3 Å². The summed E-state index contributed by atoms with van der Waals surface area (Å²) >= 11 is 6.51. The second-order valence-electron chi connectivity index (χ2n) is 11.9. The molecule has 2 aromatic carbocycles. The molecule has 0 radical (unpaired) electrons. The molecule has 10 nitrogen and oxygen atoms in total. The van der Waals surface area contributed by atoms with E-state index in [2.05, 4.69) is 42.5 Å². The Hall–Kier alpha value is -3.17. The number of aromatic nitrogens is 4. The summed E-state index contributed by atoms with van der Waals surface area (Å²) in [5, 5.41) is 13.9. The molecule has 4 aromatic rings. The number of hydrogen-bond acceptors (Lipinski definition) is 9. The number of piperidine rings is 1. The second kappa shape index (κ2) is 12.1. The molecule has 2 N–H and O–H groups in total. The van der Waals surface area contributed by atoms with Crippen LogP contribution in [0.15, 0.2) is 36.5 Å². The molecule has 228 valence electrons. The minimum absolute atomic E-state index is 0.376. The van der Waals surface area contributed by atoms with Gasteiger partial charge in [0.15, 0.2) is 11.6 Å². The molecule has 0 amide bonds. The van der Waals surface area contributed by atoms with Gasteiger partial charge in [-0.2, -0.15) is 10.1 Å². The SMILES string of the molecule is Cc1ccc(Nc2nc(Nc3ccc4c(N5CCC(N6CCOCC6)CC5)nn(C)c4c3)ncc2Cl)c(P(C)(C)=O)c1C. The molecule has 43 heavy (non-hydrogen) atoms. The Bertz CT molecular complexity index is 1690. The molecule has 2 aromatic heterocycles. The normalized spacial score (nSPS) is 17.0. The van der Waals surface area contributed by atoms with E-state index in [-0.39, 0.29) is 0 Å². The lowest BCUT2D eigenvalue weighted by Crippen LogP contribution is -2.49. The third kappa shape index (κ3) is 6.25. The lowest BCUT2D eigenvalue weighted by molar-refractivity contribution is 0.0115. The van der Waals surface area contributed by atoms with Crippen molar-refractivity contribution in [3.8, 4) is 0 Å². The van der Waals surface area contributed by atoms with E-state index < -0.39 is 7.14 Å². The maximum Gasteiger partial charge on any atom is 0.229 e. The lowest BCUT2D eigenvalue weighted by atomic mass is 10.0. The molecule has 2 aliphatic heterocycles. The molecule has 2 aliphatic rings. The highest BCUT2D eigenvalue weighted by Crippen LogP contribution is 2.41. The molecule has 0 saturated carbocycles. The summed E-state index contributed by atoms with van der Waals surface area (Å²) in [4.78, 5) is 14.1. The Labute approximate surface area is 258 Å². The van der Waals surface area contributed by atoms with Gasteiger partial charge in [-0.05, 0) is 75.4 Å².